The lowest BCUT2D eigenvalue weighted by molar-refractivity contribution is -0.136. The molecule has 0 aromatic heterocycles. The van der Waals surface area contributed by atoms with Crippen LogP contribution in [0.4, 0.5) is 5.69 Å². The minimum Gasteiger partial charge on any atom is -0.422 e. The largest absolute Gasteiger partial charge is 0.422 e. The Bertz CT molecular complexity index is 1210. The summed E-state index contributed by atoms with van der Waals surface area (Å²) in [7, 11) is 0. The molecular weight excluding hydrogens is 498 g/mol. The fraction of sp³-hybridized carbons (Fsp3) is 0.0435. The molecule has 32 heavy (non-hydrogen) atoms. The van der Waals surface area contributed by atoms with Gasteiger partial charge in [-0.2, -0.15) is 5.10 Å². The van der Waals surface area contributed by atoms with Gasteiger partial charge in [0.05, 0.1) is 16.8 Å². The number of ether oxygens (including phenoxy) is 1. The summed E-state index contributed by atoms with van der Waals surface area (Å²) < 4.78 is 6.13. The monoisotopic (exact) mass is 513 g/mol. The lowest BCUT2D eigenvalue weighted by atomic mass is 10.2. The van der Waals surface area contributed by atoms with Gasteiger partial charge >= 0.3 is 17.8 Å². The van der Waals surface area contributed by atoms with E-state index in [9.17, 15) is 14.4 Å². The number of anilines is 1. The van der Waals surface area contributed by atoms with Crippen LogP contribution in [0, 0.1) is 6.92 Å². The molecule has 0 bridgehead atoms. The third-order valence-corrected chi connectivity index (χ3v) is 5.06. The topological polar surface area (TPSA) is 96.9 Å². The second kappa shape index (κ2) is 10.7. The molecule has 0 aliphatic carbocycles. The number of carbonyl (C=O) groups excluding carboxylic acids is 3. The molecule has 0 saturated heterocycles. The Morgan fingerprint density at radius 1 is 1.00 bits per heavy atom. The van der Waals surface area contributed by atoms with Gasteiger partial charge in [-0.25, -0.2) is 10.2 Å². The van der Waals surface area contributed by atoms with Crippen molar-refractivity contribution >= 4 is 57.2 Å². The first-order chi connectivity index (χ1) is 15.3. The number of nitrogens with one attached hydrogen (secondary N) is 2. The average molecular weight is 515 g/mol. The first kappa shape index (κ1) is 23.2. The van der Waals surface area contributed by atoms with E-state index >= 15 is 0 Å². The highest BCUT2D eigenvalue weighted by molar-refractivity contribution is 9.10. The summed E-state index contributed by atoms with van der Waals surface area (Å²) in [5.74, 6) is -2.26. The highest BCUT2D eigenvalue weighted by Crippen LogP contribution is 2.24. The fourth-order valence-corrected chi connectivity index (χ4v) is 3.19. The summed E-state index contributed by atoms with van der Waals surface area (Å²) in [5.41, 5.74) is 4.09. The van der Waals surface area contributed by atoms with Gasteiger partial charge in [0.1, 0.15) is 5.75 Å². The second-order valence-electron chi connectivity index (χ2n) is 6.52. The van der Waals surface area contributed by atoms with Gasteiger partial charge in [-0.3, -0.25) is 9.59 Å². The van der Waals surface area contributed by atoms with E-state index < -0.39 is 17.8 Å². The summed E-state index contributed by atoms with van der Waals surface area (Å²) >= 11 is 9.38. The number of para-hydroxylation sites is 1. The maximum Gasteiger partial charge on any atom is 0.345 e. The number of amides is 2. The maximum atomic E-state index is 12.5. The van der Waals surface area contributed by atoms with Crippen molar-refractivity contribution in [3.63, 3.8) is 0 Å². The number of hydrogen-bond acceptors (Lipinski definition) is 5. The van der Waals surface area contributed by atoms with Crippen molar-refractivity contribution in [2.45, 2.75) is 6.92 Å². The van der Waals surface area contributed by atoms with Crippen LogP contribution in [0.3, 0.4) is 0 Å². The highest BCUT2D eigenvalue weighted by atomic mass is 79.9. The summed E-state index contributed by atoms with van der Waals surface area (Å²) in [4.78, 5) is 36.6. The fourth-order valence-electron chi connectivity index (χ4n) is 2.60. The van der Waals surface area contributed by atoms with E-state index in [0.717, 1.165) is 5.56 Å². The summed E-state index contributed by atoms with van der Waals surface area (Å²) in [5, 5.41) is 6.58. The summed E-state index contributed by atoms with van der Waals surface area (Å²) in [6.45, 7) is 1.81. The van der Waals surface area contributed by atoms with Gasteiger partial charge < -0.3 is 10.1 Å². The van der Waals surface area contributed by atoms with Crippen molar-refractivity contribution in [3.8, 4) is 5.75 Å². The molecule has 0 heterocycles. The Kier molecular flexibility index (Phi) is 7.75. The van der Waals surface area contributed by atoms with Crippen LogP contribution in [0.2, 0.25) is 5.02 Å². The molecule has 3 aromatic carbocycles. The third kappa shape index (κ3) is 6.03. The van der Waals surface area contributed by atoms with Gasteiger partial charge in [-0.1, -0.05) is 57.9 Å². The van der Waals surface area contributed by atoms with Crippen molar-refractivity contribution in [2.75, 3.05) is 5.32 Å². The van der Waals surface area contributed by atoms with Crippen LogP contribution in [0.1, 0.15) is 21.5 Å². The van der Waals surface area contributed by atoms with E-state index in [1.807, 2.05) is 19.1 Å². The Balaban J connectivity index is 1.69. The number of hydrogen-bond donors (Lipinski definition) is 2. The number of rotatable bonds is 5. The molecule has 0 fully saturated rings. The zero-order chi connectivity index (χ0) is 23.1. The van der Waals surface area contributed by atoms with Crippen molar-refractivity contribution in [1.82, 2.24) is 5.43 Å². The Morgan fingerprint density at radius 2 is 1.72 bits per heavy atom. The lowest BCUT2D eigenvalue weighted by Crippen LogP contribution is -2.32. The zero-order valence-corrected chi connectivity index (χ0v) is 19.1. The molecule has 0 aliphatic rings. The molecule has 162 valence electrons. The Morgan fingerprint density at radius 3 is 2.47 bits per heavy atom. The zero-order valence-electron chi connectivity index (χ0n) is 16.8. The number of hydrazone groups is 1. The molecule has 2 amide bonds. The molecule has 0 saturated carbocycles. The molecule has 2 N–H and O–H groups in total. The van der Waals surface area contributed by atoms with E-state index in [-0.39, 0.29) is 16.3 Å². The van der Waals surface area contributed by atoms with E-state index in [0.29, 0.717) is 15.7 Å². The number of nitrogens with zero attached hydrogens (tertiary/aromatic N) is 1. The molecule has 0 unspecified atom stereocenters. The first-order valence-corrected chi connectivity index (χ1v) is 10.5. The summed E-state index contributed by atoms with van der Waals surface area (Å²) in [6.07, 6.45) is 1.26. The van der Waals surface area contributed by atoms with E-state index in [1.54, 1.807) is 54.6 Å². The number of esters is 1. The molecule has 3 aromatic rings. The van der Waals surface area contributed by atoms with Gasteiger partial charge in [0.2, 0.25) is 0 Å². The van der Waals surface area contributed by atoms with E-state index in [1.165, 1.54) is 6.21 Å². The van der Waals surface area contributed by atoms with Crippen LogP contribution in [0.25, 0.3) is 0 Å². The number of halogens is 2. The Hall–Kier alpha value is -3.49. The van der Waals surface area contributed by atoms with Gasteiger partial charge in [0.15, 0.2) is 0 Å². The standard InChI is InChI=1S/C23H17BrClN3O4/c1-14-6-2-5-9-19(14)27-21(29)22(30)28-26-13-15-12-16(24)10-11-20(15)32-23(31)17-7-3-4-8-18(17)25/h2-13H,1H3,(H,27,29)(H,28,30). The molecule has 9 heteroatoms. The number of aryl methyl sites for hydroxylation is 1. The van der Waals surface area contributed by atoms with Crippen LogP contribution in [0.5, 0.6) is 5.75 Å². The smallest absolute Gasteiger partial charge is 0.345 e. The van der Waals surface area contributed by atoms with Crippen LogP contribution < -0.4 is 15.5 Å². The molecule has 0 aliphatic heterocycles. The van der Waals surface area contributed by atoms with Crippen LogP contribution in [0.15, 0.2) is 76.3 Å². The predicted molar refractivity (Wildman–Crippen MR) is 126 cm³/mol. The third-order valence-electron chi connectivity index (χ3n) is 4.24. The van der Waals surface area contributed by atoms with E-state index in [4.69, 9.17) is 16.3 Å². The molecule has 0 radical (unpaired) electrons. The predicted octanol–water partition coefficient (Wildman–Crippen LogP) is 4.72. The van der Waals surface area contributed by atoms with Crippen LogP contribution in [-0.4, -0.2) is 24.0 Å². The quantitative estimate of drug-likeness (QED) is 0.169. The molecule has 7 nitrogen and oxygen atoms in total. The SMILES string of the molecule is Cc1ccccc1NC(=O)C(=O)NN=Cc1cc(Br)ccc1OC(=O)c1ccccc1Cl. The minimum absolute atomic E-state index is 0.195. The van der Waals surface area contributed by atoms with Crippen molar-refractivity contribution in [2.24, 2.45) is 5.10 Å². The number of benzene rings is 3. The molecule has 3 rings (SSSR count). The molecular formula is C23H17BrClN3O4. The van der Waals surface area contributed by atoms with E-state index in [2.05, 4.69) is 31.8 Å². The van der Waals surface area contributed by atoms with Gasteiger partial charge in [-0.05, 0) is 48.9 Å². The Labute approximate surface area is 197 Å². The number of carbonyl (C=O) groups is 3. The van der Waals surface area contributed by atoms with Gasteiger partial charge in [0.25, 0.3) is 0 Å². The van der Waals surface area contributed by atoms with Gasteiger partial charge in [-0.15, -0.1) is 0 Å². The van der Waals surface area contributed by atoms with Gasteiger partial charge in [0, 0.05) is 15.7 Å². The first-order valence-electron chi connectivity index (χ1n) is 9.31. The minimum atomic E-state index is -0.950. The maximum absolute atomic E-state index is 12.5. The molecule has 0 spiro atoms. The second-order valence-corrected chi connectivity index (χ2v) is 7.84. The average Bonchev–Trinajstić information content (AvgIpc) is 2.77. The summed E-state index contributed by atoms with van der Waals surface area (Å²) in [6, 6.07) is 18.4. The van der Waals surface area contributed by atoms with Crippen molar-refractivity contribution in [3.05, 3.63) is 92.9 Å². The van der Waals surface area contributed by atoms with Crippen LogP contribution in [-0.2, 0) is 9.59 Å². The van der Waals surface area contributed by atoms with Crippen LogP contribution >= 0.6 is 27.5 Å². The van der Waals surface area contributed by atoms with Crippen molar-refractivity contribution < 1.29 is 19.1 Å². The lowest BCUT2D eigenvalue weighted by Gasteiger charge is -2.09. The highest BCUT2D eigenvalue weighted by Gasteiger charge is 2.16. The molecule has 0 atom stereocenters. The van der Waals surface area contributed by atoms with Crippen molar-refractivity contribution in [1.29, 1.82) is 0 Å². The normalized spacial score (nSPS) is 10.6.